The van der Waals surface area contributed by atoms with E-state index in [9.17, 15) is 0 Å². The molecule has 7 aromatic rings. The Balaban J connectivity index is 0.000000219. The van der Waals surface area contributed by atoms with E-state index in [0.29, 0.717) is 5.92 Å². The van der Waals surface area contributed by atoms with Crippen molar-refractivity contribution in [2.24, 2.45) is 0 Å². The fourth-order valence-electron chi connectivity index (χ4n) is 6.53. The molecule has 50 heavy (non-hydrogen) atoms. The van der Waals surface area contributed by atoms with Crippen molar-refractivity contribution in [3.63, 3.8) is 0 Å². The smallest absolute Gasteiger partial charge is 0 e. The van der Waals surface area contributed by atoms with Gasteiger partial charge >= 0.3 is 113 Å². The van der Waals surface area contributed by atoms with Crippen molar-refractivity contribution in [3.05, 3.63) is 166 Å². The van der Waals surface area contributed by atoms with Gasteiger partial charge in [0.2, 0.25) is 0 Å². The van der Waals surface area contributed by atoms with Crippen LogP contribution in [0.25, 0.3) is 55.6 Å². The van der Waals surface area contributed by atoms with E-state index in [2.05, 4.69) is 157 Å². The first-order valence-corrected chi connectivity index (χ1v) is 24.2. The number of fused-ring (bicyclic) bond motifs is 3. The number of nitrogens with zero attached hydrogens (tertiary/aromatic N) is 2. The number of furan rings is 1. The molecule has 0 fully saturated rings. The summed E-state index contributed by atoms with van der Waals surface area (Å²) in [6, 6.07) is 35.9. The first-order chi connectivity index (χ1) is 23.3. The number of rotatable bonds is 5. The van der Waals surface area contributed by atoms with Crippen LogP contribution >= 0.6 is 0 Å². The number of aryl methyl sites for hydroxylation is 1. The van der Waals surface area contributed by atoms with Gasteiger partial charge < -0.3 is 8.98 Å². The summed E-state index contributed by atoms with van der Waals surface area (Å²) in [5.41, 5.74) is 13.0. The van der Waals surface area contributed by atoms with Crippen LogP contribution in [0.2, 0.25) is 17.3 Å². The average molecular weight is 896 g/mol. The first-order valence-electron chi connectivity index (χ1n) is 16.9. The Kier molecular flexibility index (Phi) is 11.0. The Bertz CT molecular complexity index is 2300. The van der Waals surface area contributed by atoms with Gasteiger partial charge in [-0.05, 0) is 41.7 Å². The van der Waals surface area contributed by atoms with E-state index in [1.807, 2.05) is 33.4 Å². The summed E-state index contributed by atoms with van der Waals surface area (Å²) in [5.74, 6) is 7.61. The standard InChI is InChI=1S/C29H26NO.C16H20GeN.Ir/c1-18(2)24-16-26(30(5)17-20(24)4)28-19(3)11-13-23-25-15-22(21-9-7-6-8-10-21)12-14-27(25)31-29(23)28;1-13-8-6-7-9-15(13)16-11-10-14(12-18(16)5)17(2,3)4;/h6-18H,3,5H2,1-2,4H3;6-12H,1,5H2,2-4H3;/q2*-1;. The molecule has 1 radical (unpaired) electrons. The van der Waals surface area contributed by atoms with Gasteiger partial charge in [0.15, 0.2) is 0 Å². The maximum atomic E-state index is 6.41. The third-order valence-electron chi connectivity index (χ3n) is 9.30. The summed E-state index contributed by atoms with van der Waals surface area (Å²) in [5, 5.41) is 2.21. The summed E-state index contributed by atoms with van der Waals surface area (Å²) in [7, 11) is 8.39. The zero-order chi connectivity index (χ0) is 35.0. The topological polar surface area (TPSA) is 20.9 Å². The van der Waals surface area contributed by atoms with Gasteiger partial charge in [0.25, 0.3) is 0 Å². The predicted octanol–water partition coefficient (Wildman–Crippen LogP) is 10.5. The average Bonchev–Trinajstić information content (AvgIpc) is 3.43. The second-order valence-electron chi connectivity index (χ2n) is 14.3. The van der Waals surface area contributed by atoms with Gasteiger partial charge in [-0.2, -0.15) is 18.6 Å². The van der Waals surface area contributed by atoms with Gasteiger partial charge in [-0.3, -0.25) is 0 Å². The van der Waals surface area contributed by atoms with Gasteiger partial charge in [-0.15, -0.1) is 6.07 Å². The molecule has 0 spiro atoms. The summed E-state index contributed by atoms with van der Waals surface area (Å²) in [4.78, 5) is 0. The van der Waals surface area contributed by atoms with Crippen LogP contribution < -0.4 is 13.5 Å². The van der Waals surface area contributed by atoms with E-state index >= 15 is 0 Å². The van der Waals surface area contributed by atoms with Crippen molar-refractivity contribution in [1.82, 2.24) is 0 Å². The zero-order valence-electron chi connectivity index (χ0n) is 30.0. The summed E-state index contributed by atoms with van der Waals surface area (Å²) in [6.45, 7) is 15.0. The fourth-order valence-corrected chi connectivity index (χ4v) is 8.90. The maximum Gasteiger partial charge on any atom is 0 e. The van der Waals surface area contributed by atoms with Gasteiger partial charge in [0.1, 0.15) is 5.58 Å². The molecule has 3 nitrogen and oxygen atoms in total. The molecule has 4 aromatic carbocycles. The van der Waals surface area contributed by atoms with Crippen molar-refractivity contribution in [2.75, 3.05) is 0 Å². The maximum absolute atomic E-state index is 6.41. The van der Waals surface area contributed by atoms with Gasteiger partial charge in [-0.1, -0.05) is 67.4 Å². The molecule has 0 saturated carbocycles. The summed E-state index contributed by atoms with van der Waals surface area (Å²) in [6.07, 6.45) is 4.28. The van der Waals surface area contributed by atoms with Crippen molar-refractivity contribution >= 4 is 39.6 Å². The van der Waals surface area contributed by atoms with Crippen molar-refractivity contribution in [2.45, 2.75) is 44.0 Å². The Morgan fingerprint density at radius 2 is 1.34 bits per heavy atom. The molecule has 257 valence electrons. The normalized spacial score (nSPS) is 11.3. The number of hydrogen-bond acceptors (Lipinski definition) is 1. The minimum Gasteiger partial charge on any atom is 0 e. The van der Waals surface area contributed by atoms with E-state index in [0.717, 1.165) is 55.6 Å². The molecular formula is C45H46GeIrN2O-2. The Morgan fingerprint density at radius 3 is 2.00 bits per heavy atom. The van der Waals surface area contributed by atoms with Gasteiger partial charge in [-0.25, -0.2) is 0 Å². The quantitative estimate of drug-likeness (QED) is 0.0958. The second-order valence-corrected chi connectivity index (χ2v) is 24.9. The minimum absolute atomic E-state index is 0. The molecule has 7 rings (SSSR count). The molecule has 0 saturated heterocycles. The van der Waals surface area contributed by atoms with Crippen LogP contribution in [0.15, 0.2) is 120 Å². The first kappa shape index (κ1) is 36.9. The second kappa shape index (κ2) is 14.9. The monoisotopic (exact) mass is 897 g/mol. The van der Waals surface area contributed by atoms with Crippen LogP contribution in [0, 0.1) is 34.9 Å². The largest absolute Gasteiger partial charge is 0 e. The van der Waals surface area contributed by atoms with Crippen molar-refractivity contribution in [3.8, 4) is 33.6 Å². The van der Waals surface area contributed by atoms with Crippen molar-refractivity contribution < 1.29 is 33.7 Å². The fraction of sp³-hybridized carbons (Fsp3) is 0.156. The molecule has 3 aromatic heterocycles. The summed E-state index contributed by atoms with van der Waals surface area (Å²) < 4.78 is 11.8. The molecule has 0 unspecified atom stereocenters. The van der Waals surface area contributed by atoms with E-state index < -0.39 is 13.3 Å². The van der Waals surface area contributed by atoms with Crippen LogP contribution in [-0.2, 0) is 20.1 Å². The van der Waals surface area contributed by atoms with E-state index in [1.165, 1.54) is 26.6 Å². The molecule has 0 N–H and O–H groups in total. The Labute approximate surface area is 314 Å². The van der Waals surface area contributed by atoms with Crippen LogP contribution in [0.5, 0.6) is 0 Å². The zero-order valence-corrected chi connectivity index (χ0v) is 34.5. The van der Waals surface area contributed by atoms with E-state index in [4.69, 9.17) is 4.42 Å². The van der Waals surface area contributed by atoms with E-state index in [-0.39, 0.29) is 20.1 Å². The molecule has 3 heterocycles. The molecule has 0 aliphatic heterocycles. The molecular weight excluding hydrogens is 849 g/mol. The van der Waals surface area contributed by atoms with Crippen molar-refractivity contribution in [1.29, 1.82) is 0 Å². The summed E-state index contributed by atoms with van der Waals surface area (Å²) >= 11 is -1.78. The Morgan fingerprint density at radius 1 is 0.660 bits per heavy atom. The Hall–Kier alpha value is -4.35. The molecule has 5 heteroatoms. The third kappa shape index (κ3) is 7.39. The van der Waals surface area contributed by atoms with Crippen LogP contribution in [-0.4, -0.2) is 13.3 Å². The minimum atomic E-state index is -1.78. The van der Waals surface area contributed by atoms with Crippen LogP contribution in [0.4, 0.5) is 0 Å². The molecule has 0 aliphatic rings. The third-order valence-corrected chi connectivity index (χ3v) is 13.6. The molecule has 0 amide bonds. The van der Waals surface area contributed by atoms with Crippen LogP contribution in [0.1, 0.15) is 42.0 Å². The van der Waals surface area contributed by atoms with Crippen LogP contribution in [0.3, 0.4) is 0 Å². The number of aromatic nitrogens is 2. The number of hydrogen-bond donors (Lipinski definition) is 0. The SMILES string of the molecule is [CH2-]c1ccc2c(oc3ccc(-c4ccccc4)cc32)c1-c1cc(C(C)C)c(C)c[n+]1[CH2-].[CH2-]c1ccccc1-c1cc[c]([Ge]([CH3])([CH3])[CH3])c[n+]1[CH2-].[Ir]. The van der Waals surface area contributed by atoms with Gasteiger partial charge in [0.05, 0.1) is 17.5 Å². The predicted molar refractivity (Wildman–Crippen MR) is 209 cm³/mol. The van der Waals surface area contributed by atoms with Gasteiger partial charge in [0, 0.05) is 37.9 Å². The molecule has 0 bridgehead atoms. The molecule has 0 aliphatic carbocycles. The molecule has 0 atom stereocenters. The number of benzene rings is 4. The van der Waals surface area contributed by atoms with E-state index in [1.54, 1.807) is 0 Å². The number of pyridine rings is 2.